The summed E-state index contributed by atoms with van der Waals surface area (Å²) in [6, 6.07) is 7.21. The van der Waals surface area contributed by atoms with E-state index in [-0.39, 0.29) is 23.4 Å². The second kappa shape index (κ2) is 9.00. The molecule has 14 nitrogen and oxygen atoms in total. The van der Waals surface area contributed by atoms with Gasteiger partial charge in [0.25, 0.3) is 0 Å². The first kappa shape index (κ1) is 23.4. The van der Waals surface area contributed by atoms with Gasteiger partial charge in [-0.3, -0.25) is 13.9 Å². The molecule has 0 amide bonds. The highest BCUT2D eigenvalue weighted by Crippen LogP contribution is 2.41. The number of aromatic nitrogens is 5. The molecule has 1 aromatic carbocycles. The molecule has 184 valence electrons. The Bertz CT molecular complexity index is 1440. The number of aliphatic hydroxyl groups excluding tert-OH is 2. The molecule has 35 heavy (non-hydrogen) atoms. The topological polar surface area (TPSA) is 211 Å². The number of para-hydroxylation sites is 1. The number of nitrogens with zero attached hydrogens (tertiary/aromatic N) is 4. The maximum Gasteiger partial charge on any atom is 0.322 e. The summed E-state index contributed by atoms with van der Waals surface area (Å²) in [5, 5.41) is 21.6. The molecular weight excluding hydrogens is 483 g/mol. The Morgan fingerprint density at radius 1 is 1.26 bits per heavy atom. The normalized spacial score (nSPS) is 24.1. The third-order valence-electron chi connectivity index (χ3n) is 5.62. The number of fused-ring (bicyclic) bond motifs is 2. The summed E-state index contributed by atoms with van der Waals surface area (Å²) in [5.74, 6) is -0.926. The lowest BCUT2D eigenvalue weighted by atomic mass is 10.1. The molecule has 0 bridgehead atoms. The highest BCUT2D eigenvalue weighted by molar-refractivity contribution is 7.46. The number of hydrogen-bond donors (Lipinski definition) is 4. The van der Waals surface area contributed by atoms with Crippen molar-refractivity contribution in [2.45, 2.75) is 31.0 Å². The minimum Gasteiger partial charge on any atom is -0.746 e. The molecule has 5 atom stereocenters. The van der Waals surface area contributed by atoms with Crippen molar-refractivity contribution in [1.29, 1.82) is 0 Å². The highest BCUT2D eigenvalue weighted by Gasteiger charge is 2.45. The molecule has 5 N–H and O–H groups in total. The van der Waals surface area contributed by atoms with Crippen LogP contribution < -0.4 is 10.6 Å². The number of aliphatic hydroxyl groups is 2. The van der Waals surface area contributed by atoms with E-state index in [1.165, 1.54) is 17.2 Å². The quantitative estimate of drug-likeness (QED) is 0.241. The molecule has 0 radical (unpaired) electrons. The van der Waals surface area contributed by atoms with Gasteiger partial charge in [0.15, 0.2) is 17.7 Å². The van der Waals surface area contributed by atoms with E-state index in [1.807, 2.05) is 12.1 Å². The number of nitrogens with two attached hydrogens (primary N) is 1. The predicted octanol–water partition coefficient (Wildman–Crippen LogP) is -0.220. The van der Waals surface area contributed by atoms with Crippen LogP contribution >= 0.6 is 7.82 Å². The van der Waals surface area contributed by atoms with Gasteiger partial charge < -0.3 is 39.6 Å². The molecule has 0 saturated carbocycles. The number of nitrogens with one attached hydrogen (secondary N) is 1. The van der Waals surface area contributed by atoms with Gasteiger partial charge in [-0.15, -0.1) is 0 Å². The first-order valence-corrected chi connectivity index (χ1v) is 11.9. The average molecular weight is 503 g/mol. The molecule has 15 heteroatoms. The molecule has 0 aliphatic carbocycles. The van der Waals surface area contributed by atoms with Crippen molar-refractivity contribution in [1.82, 2.24) is 24.5 Å². The van der Waals surface area contributed by atoms with E-state index in [9.17, 15) is 24.5 Å². The molecule has 1 saturated heterocycles. The Morgan fingerprint density at radius 2 is 2.06 bits per heavy atom. The third kappa shape index (κ3) is 4.50. The highest BCUT2D eigenvalue weighted by atomic mass is 31.2. The zero-order chi connectivity index (χ0) is 24.7. The summed E-state index contributed by atoms with van der Waals surface area (Å²) in [6.45, 7) is -0.709. The number of carbonyl (C=O) groups excluding carboxylic acids is 1. The second-order valence-corrected chi connectivity index (χ2v) is 9.21. The van der Waals surface area contributed by atoms with Crippen LogP contribution in [0.25, 0.3) is 22.1 Å². The Hall–Kier alpha value is -3.39. The SMILES string of the molecule is Nc1ncnc2c1ncn2[C@@H]1O[C@H](COP(=O)([O-])OC(=O)Cc2c[nH]c3ccccc23)[C@@H](O)[C@H]1O. The fourth-order valence-corrected chi connectivity index (χ4v) is 4.63. The number of hydrogen-bond acceptors (Lipinski definition) is 12. The van der Waals surface area contributed by atoms with Crippen molar-refractivity contribution in [2.75, 3.05) is 12.3 Å². The standard InChI is InChI=1S/C20H21N6O8P/c21-18-15-19(24-8-23-18)26(9-25-15)20-17(29)16(28)13(33-20)7-32-35(30,31)34-14(27)5-10-6-22-12-4-2-1-3-11(10)12/h1-4,6,8-9,13,16-17,20,22,28-29H,5,7H2,(H,30,31)(H2,21,23,24)/p-1/t13-,16-,17-,20-/m1/s1. The maximum absolute atomic E-state index is 12.2. The number of phosphoric ester groups is 1. The number of phosphoric acid groups is 1. The largest absolute Gasteiger partial charge is 0.746 e. The molecule has 1 fully saturated rings. The molecule has 1 aliphatic heterocycles. The summed E-state index contributed by atoms with van der Waals surface area (Å²) >= 11 is 0. The number of H-pyrrole nitrogens is 1. The summed E-state index contributed by atoms with van der Waals surface area (Å²) in [5.41, 5.74) is 7.61. The summed E-state index contributed by atoms with van der Waals surface area (Å²) in [6.07, 6.45) is -1.62. The van der Waals surface area contributed by atoms with E-state index in [4.69, 9.17) is 15.0 Å². The first-order valence-electron chi connectivity index (χ1n) is 10.4. The zero-order valence-corrected chi connectivity index (χ0v) is 18.8. The number of nitrogen functional groups attached to an aromatic ring is 1. The first-order chi connectivity index (χ1) is 16.7. The second-order valence-electron chi connectivity index (χ2n) is 7.87. The summed E-state index contributed by atoms with van der Waals surface area (Å²) < 4.78 is 28.4. The van der Waals surface area contributed by atoms with Gasteiger partial charge in [-0.25, -0.2) is 15.0 Å². The minimum absolute atomic E-state index is 0.114. The van der Waals surface area contributed by atoms with Gasteiger partial charge in [0.05, 0.1) is 19.4 Å². The lowest BCUT2D eigenvalue weighted by molar-refractivity contribution is -0.227. The van der Waals surface area contributed by atoms with Crippen molar-refractivity contribution in [3.8, 4) is 0 Å². The third-order valence-corrected chi connectivity index (χ3v) is 6.51. The van der Waals surface area contributed by atoms with Gasteiger partial charge in [-0.1, -0.05) is 18.2 Å². The van der Waals surface area contributed by atoms with Crippen LogP contribution in [0, 0.1) is 0 Å². The van der Waals surface area contributed by atoms with Crippen LogP contribution in [-0.2, 0) is 29.6 Å². The van der Waals surface area contributed by atoms with E-state index >= 15 is 0 Å². The van der Waals surface area contributed by atoms with E-state index in [0.717, 1.165) is 10.9 Å². The monoisotopic (exact) mass is 503 g/mol. The van der Waals surface area contributed by atoms with E-state index in [1.54, 1.807) is 18.3 Å². The van der Waals surface area contributed by atoms with Crippen LogP contribution in [0.5, 0.6) is 0 Å². The fraction of sp³-hybridized carbons (Fsp3) is 0.300. The lowest BCUT2D eigenvalue weighted by Gasteiger charge is -2.24. The number of imidazole rings is 1. The van der Waals surface area contributed by atoms with Gasteiger partial charge >= 0.3 is 13.8 Å². The van der Waals surface area contributed by atoms with Gasteiger partial charge in [0.1, 0.15) is 30.2 Å². The Morgan fingerprint density at radius 3 is 2.89 bits per heavy atom. The Kier molecular flexibility index (Phi) is 6.01. The number of carbonyl (C=O) groups is 1. The molecule has 1 aliphatic rings. The van der Waals surface area contributed by atoms with Gasteiger partial charge in [0.2, 0.25) is 0 Å². The number of benzene rings is 1. The Balaban J connectivity index is 1.21. The molecule has 4 aromatic rings. The maximum atomic E-state index is 12.2. The van der Waals surface area contributed by atoms with Crippen molar-refractivity contribution >= 4 is 41.7 Å². The molecular formula is C20H20N6O8P-. The predicted molar refractivity (Wildman–Crippen MR) is 117 cm³/mol. The molecule has 4 heterocycles. The van der Waals surface area contributed by atoms with Gasteiger partial charge in [0, 0.05) is 17.1 Å². The van der Waals surface area contributed by atoms with Crippen molar-refractivity contribution in [2.24, 2.45) is 0 Å². The average Bonchev–Trinajstić information content (AvgIpc) is 3.50. The minimum atomic E-state index is -5.09. The molecule has 3 aromatic heterocycles. The van der Waals surface area contributed by atoms with Crippen molar-refractivity contribution < 1.29 is 38.3 Å². The van der Waals surface area contributed by atoms with Crippen LogP contribution in [0.3, 0.4) is 0 Å². The van der Waals surface area contributed by atoms with Gasteiger partial charge in [-0.05, 0) is 11.6 Å². The van der Waals surface area contributed by atoms with E-state index < -0.39 is 44.9 Å². The number of ether oxygens (including phenoxy) is 1. The van der Waals surface area contributed by atoms with Crippen molar-refractivity contribution in [3.63, 3.8) is 0 Å². The van der Waals surface area contributed by atoms with E-state index in [0.29, 0.717) is 5.56 Å². The van der Waals surface area contributed by atoms with Crippen molar-refractivity contribution in [3.05, 3.63) is 48.7 Å². The van der Waals surface area contributed by atoms with Gasteiger partial charge in [-0.2, -0.15) is 0 Å². The fourth-order valence-electron chi connectivity index (χ4n) is 3.93. The number of anilines is 1. The number of aromatic amines is 1. The molecule has 0 spiro atoms. The zero-order valence-electron chi connectivity index (χ0n) is 17.9. The lowest BCUT2D eigenvalue weighted by Crippen LogP contribution is -2.34. The molecule has 5 rings (SSSR count). The Labute approximate surface area is 196 Å². The smallest absolute Gasteiger partial charge is 0.322 e. The number of rotatable bonds is 7. The van der Waals surface area contributed by atoms with Crippen LogP contribution in [0.2, 0.25) is 0 Å². The molecule has 1 unspecified atom stereocenters. The van der Waals surface area contributed by atoms with Crippen LogP contribution in [-0.4, -0.2) is 65.6 Å². The summed E-state index contributed by atoms with van der Waals surface area (Å²) in [4.78, 5) is 39.3. The van der Waals surface area contributed by atoms with Crippen LogP contribution in [0.15, 0.2) is 43.1 Å². The van der Waals surface area contributed by atoms with Crippen LogP contribution in [0.1, 0.15) is 11.8 Å². The van der Waals surface area contributed by atoms with E-state index in [2.05, 4.69) is 24.5 Å². The summed E-state index contributed by atoms with van der Waals surface area (Å²) in [7, 11) is -5.09. The van der Waals surface area contributed by atoms with Crippen LogP contribution in [0.4, 0.5) is 5.82 Å².